The van der Waals surface area contributed by atoms with Crippen molar-refractivity contribution in [2.24, 2.45) is 5.92 Å². The van der Waals surface area contributed by atoms with Crippen molar-refractivity contribution in [3.05, 3.63) is 85.7 Å². The topological polar surface area (TPSA) is 76.3 Å². The molecule has 0 aliphatic carbocycles. The number of hydrogen-bond acceptors (Lipinski definition) is 6. The molecule has 31 heavy (non-hydrogen) atoms. The number of aromatic nitrogens is 2. The van der Waals surface area contributed by atoms with Gasteiger partial charge >= 0.3 is 0 Å². The van der Waals surface area contributed by atoms with E-state index >= 15 is 0 Å². The maximum absolute atomic E-state index is 13.5. The monoisotopic (exact) mass is 451 g/mol. The summed E-state index contributed by atoms with van der Waals surface area (Å²) in [6.45, 7) is 4.20. The highest BCUT2D eigenvalue weighted by atomic mass is 35.5. The van der Waals surface area contributed by atoms with Crippen LogP contribution >= 0.6 is 22.9 Å². The predicted molar refractivity (Wildman–Crippen MR) is 121 cm³/mol. The number of halogens is 1. The average Bonchev–Trinajstić information content (AvgIpc) is 3.31. The van der Waals surface area contributed by atoms with E-state index in [1.807, 2.05) is 12.1 Å². The average molecular weight is 452 g/mol. The third-order valence-corrected chi connectivity index (χ3v) is 6.41. The van der Waals surface area contributed by atoms with E-state index in [1.54, 1.807) is 36.4 Å². The van der Waals surface area contributed by atoms with Crippen LogP contribution in [0.5, 0.6) is 0 Å². The van der Waals surface area contributed by atoms with Gasteiger partial charge in [0, 0.05) is 11.4 Å². The Balaban J connectivity index is 1.73. The standard InChI is InChI=1S/C23H18ClN3O3S/c1-12(2)11-17-25-26-23(31-17)27-19(13-7-9-14(24)10-8-13)18-20(28)15-5-3-4-6-16(15)30-21(18)22(27)29/h3-10,12,19H,11H2,1-2H3. The van der Waals surface area contributed by atoms with Crippen LogP contribution in [0.4, 0.5) is 5.13 Å². The van der Waals surface area contributed by atoms with E-state index in [0.29, 0.717) is 32.6 Å². The smallest absolute Gasteiger partial charge is 0.297 e. The van der Waals surface area contributed by atoms with Crippen molar-refractivity contribution in [3.8, 4) is 0 Å². The molecule has 3 heterocycles. The van der Waals surface area contributed by atoms with Gasteiger partial charge in [0.05, 0.1) is 17.0 Å². The lowest BCUT2D eigenvalue weighted by molar-refractivity contribution is 0.0970. The van der Waals surface area contributed by atoms with Crippen LogP contribution in [-0.2, 0) is 6.42 Å². The molecule has 0 radical (unpaired) electrons. The first kappa shape index (κ1) is 19.9. The molecule has 2 aromatic carbocycles. The van der Waals surface area contributed by atoms with Gasteiger partial charge in [-0.3, -0.25) is 14.5 Å². The fourth-order valence-corrected chi connectivity index (χ4v) is 5.05. The summed E-state index contributed by atoms with van der Waals surface area (Å²) in [6.07, 6.45) is 0.763. The fraction of sp³-hybridized carbons (Fsp3) is 0.217. The van der Waals surface area contributed by atoms with Crippen molar-refractivity contribution >= 4 is 44.9 Å². The number of rotatable bonds is 4. The molecule has 8 heteroatoms. The summed E-state index contributed by atoms with van der Waals surface area (Å²) in [4.78, 5) is 28.4. The molecule has 0 fully saturated rings. The molecule has 2 aromatic heterocycles. The number of nitrogens with zero attached hydrogens (tertiary/aromatic N) is 3. The zero-order valence-corrected chi connectivity index (χ0v) is 18.4. The molecule has 5 rings (SSSR count). The SMILES string of the molecule is CC(C)Cc1nnc(N2C(=O)c3oc4ccccc4c(=O)c3C2c2ccc(Cl)cc2)s1. The van der Waals surface area contributed by atoms with Crippen molar-refractivity contribution in [1.29, 1.82) is 0 Å². The molecule has 0 saturated carbocycles. The number of para-hydroxylation sites is 1. The highest BCUT2D eigenvalue weighted by molar-refractivity contribution is 7.15. The van der Waals surface area contributed by atoms with Gasteiger partial charge in [-0.2, -0.15) is 0 Å². The zero-order valence-electron chi connectivity index (χ0n) is 16.8. The van der Waals surface area contributed by atoms with E-state index in [0.717, 1.165) is 17.0 Å². The molecule has 6 nitrogen and oxygen atoms in total. The minimum atomic E-state index is -0.666. The summed E-state index contributed by atoms with van der Waals surface area (Å²) in [6, 6.07) is 13.4. The minimum absolute atomic E-state index is 0.0456. The van der Waals surface area contributed by atoms with E-state index in [4.69, 9.17) is 16.0 Å². The number of amides is 1. The second-order valence-corrected chi connectivity index (χ2v) is 9.35. The number of carbonyl (C=O) groups is 1. The summed E-state index contributed by atoms with van der Waals surface area (Å²) < 4.78 is 5.94. The quantitative estimate of drug-likeness (QED) is 0.423. The molecule has 0 saturated heterocycles. The molecule has 156 valence electrons. The molecular formula is C23H18ClN3O3S. The lowest BCUT2D eigenvalue weighted by Gasteiger charge is -2.22. The Morgan fingerprint density at radius 3 is 2.58 bits per heavy atom. The first-order valence-corrected chi connectivity index (χ1v) is 11.1. The number of anilines is 1. The Morgan fingerprint density at radius 2 is 1.84 bits per heavy atom. The highest BCUT2D eigenvalue weighted by Crippen LogP contribution is 2.42. The molecule has 1 unspecified atom stereocenters. The maximum atomic E-state index is 13.5. The van der Waals surface area contributed by atoms with Gasteiger partial charge in [-0.1, -0.05) is 61.1 Å². The molecule has 4 aromatic rings. The van der Waals surface area contributed by atoms with Crippen LogP contribution in [0.3, 0.4) is 0 Å². The van der Waals surface area contributed by atoms with E-state index in [-0.39, 0.29) is 11.2 Å². The second kappa shape index (κ2) is 7.59. The molecule has 1 atom stereocenters. The normalized spacial score (nSPS) is 15.8. The minimum Gasteiger partial charge on any atom is -0.450 e. The summed E-state index contributed by atoms with van der Waals surface area (Å²) in [5, 5.41) is 10.8. The van der Waals surface area contributed by atoms with Gasteiger partial charge in [0.25, 0.3) is 5.91 Å². The Labute approximate surface area is 187 Å². The third-order valence-electron chi connectivity index (χ3n) is 5.21. The lowest BCUT2D eigenvalue weighted by Crippen LogP contribution is -2.29. The molecule has 1 amide bonds. The second-order valence-electron chi connectivity index (χ2n) is 7.88. The molecule has 0 bridgehead atoms. The van der Waals surface area contributed by atoms with Crippen LogP contribution in [0.15, 0.2) is 57.7 Å². The Hall–Kier alpha value is -3.03. The molecular weight excluding hydrogens is 434 g/mol. The number of hydrogen-bond donors (Lipinski definition) is 0. The van der Waals surface area contributed by atoms with Crippen molar-refractivity contribution in [1.82, 2.24) is 10.2 Å². The largest absolute Gasteiger partial charge is 0.450 e. The van der Waals surface area contributed by atoms with Gasteiger partial charge in [0.1, 0.15) is 10.6 Å². The highest BCUT2D eigenvalue weighted by Gasteiger charge is 2.45. The van der Waals surface area contributed by atoms with Gasteiger partial charge in [0.2, 0.25) is 10.9 Å². The van der Waals surface area contributed by atoms with Gasteiger partial charge in [-0.15, -0.1) is 10.2 Å². The van der Waals surface area contributed by atoms with Crippen molar-refractivity contribution < 1.29 is 9.21 Å². The van der Waals surface area contributed by atoms with E-state index in [1.165, 1.54) is 16.2 Å². The Kier molecular flexibility index (Phi) is 4.87. The molecule has 0 spiro atoms. The first-order chi connectivity index (χ1) is 14.9. The Morgan fingerprint density at radius 1 is 1.10 bits per heavy atom. The number of carbonyl (C=O) groups excluding carboxylic acids is 1. The van der Waals surface area contributed by atoms with Crippen LogP contribution in [0.25, 0.3) is 11.0 Å². The van der Waals surface area contributed by atoms with E-state index < -0.39 is 11.9 Å². The fourth-order valence-electron chi connectivity index (χ4n) is 3.85. The van der Waals surface area contributed by atoms with Crippen LogP contribution < -0.4 is 10.3 Å². The molecule has 1 aliphatic rings. The number of benzene rings is 2. The van der Waals surface area contributed by atoms with E-state index in [9.17, 15) is 9.59 Å². The van der Waals surface area contributed by atoms with Gasteiger partial charge in [0.15, 0.2) is 5.43 Å². The summed E-state index contributed by atoms with van der Waals surface area (Å²) >= 11 is 7.44. The lowest BCUT2D eigenvalue weighted by atomic mass is 9.99. The Bertz CT molecular complexity index is 1360. The van der Waals surface area contributed by atoms with Crippen LogP contribution in [0.1, 0.15) is 46.6 Å². The third kappa shape index (κ3) is 3.34. The zero-order chi connectivity index (χ0) is 21.7. The molecule has 1 aliphatic heterocycles. The van der Waals surface area contributed by atoms with Gasteiger partial charge in [-0.05, 0) is 35.7 Å². The van der Waals surface area contributed by atoms with Crippen molar-refractivity contribution in [2.45, 2.75) is 26.3 Å². The van der Waals surface area contributed by atoms with E-state index in [2.05, 4.69) is 24.0 Å². The predicted octanol–water partition coefficient (Wildman–Crippen LogP) is 5.25. The maximum Gasteiger partial charge on any atom is 0.297 e. The summed E-state index contributed by atoms with van der Waals surface area (Å²) in [5.41, 5.74) is 1.22. The van der Waals surface area contributed by atoms with Crippen LogP contribution in [0, 0.1) is 5.92 Å². The molecule has 0 N–H and O–H groups in total. The van der Waals surface area contributed by atoms with Crippen LogP contribution in [0.2, 0.25) is 5.02 Å². The number of fused-ring (bicyclic) bond motifs is 2. The van der Waals surface area contributed by atoms with Gasteiger partial charge in [-0.25, -0.2) is 0 Å². The van der Waals surface area contributed by atoms with Crippen molar-refractivity contribution in [3.63, 3.8) is 0 Å². The summed E-state index contributed by atoms with van der Waals surface area (Å²) in [5.74, 6) is 0.0576. The van der Waals surface area contributed by atoms with Crippen LogP contribution in [-0.4, -0.2) is 16.1 Å². The van der Waals surface area contributed by atoms with Crippen molar-refractivity contribution in [2.75, 3.05) is 4.90 Å². The van der Waals surface area contributed by atoms with Gasteiger partial charge < -0.3 is 4.42 Å². The summed E-state index contributed by atoms with van der Waals surface area (Å²) in [7, 11) is 0. The first-order valence-electron chi connectivity index (χ1n) is 9.91.